The van der Waals surface area contributed by atoms with Crippen LogP contribution in [0.4, 0.5) is 0 Å². The Kier molecular flexibility index (Phi) is 48.1. The van der Waals surface area contributed by atoms with Crippen LogP contribution in [0.5, 0.6) is 5.75 Å². The molecule has 3 heterocycles. The van der Waals surface area contributed by atoms with E-state index in [-0.39, 0.29) is 127 Å². The molecule has 0 radical (unpaired) electrons. The van der Waals surface area contributed by atoms with E-state index in [2.05, 4.69) is 84.4 Å². The SMILES string of the molecule is CC[C@H](C)[C@H](NC(=O)[C@@H](N)CC(=O)O)C(=O)N[C@@H](Cc1c[nH]c2ccccc12)C(=O)N[C@@H](Cc1c[nH]c2ccccc12)C(=O)N[C@@H](CC(=O)O)C(=O)N[C@@H](CC(=O)O)C(=O)N[C@@H](CCCCN)C(=O)N[C@@H](CCCCN)C(=O)N[C@@H](CC(=O)O)C(=O)N[C@@H](Cc1ccc(O)cc1)C(=O)N[C@@H](CC(N)=O)C(=O)N1CCC[C@H]1C(=O)N[C@@H](CO)C(=O)N[C@@H](CC(C)C)C(=O)N[C@@H](CCCCN)C(=O)N[C@@H](CC(=O)O)C(=O)O. The average Bonchev–Trinajstić information content (AvgIpc) is 1.68. The van der Waals surface area contributed by atoms with Gasteiger partial charge in [-0.3, -0.25) is 101 Å². The van der Waals surface area contributed by atoms with Crippen molar-refractivity contribution in [2.45, 2.75) is 266 Å². The first kappa shape index (κ1) is 118. The molecule has 0 spiro atoms. The third-order valence-electron chi connectivity index (χ3n) is 23.8. The van der Waals surface area contributed by atoms with Crippen LogP contribution >= 0.6 is 0 Å². The van der Waals surface area contributed by atoms with E-state index in [9.17, 15) is 137 Å². The predicted molar refractivity (Wildman–Crippen MR) is 513 cm³/mol. The van der Waals surface area contributed by atoms with Crippen molar-refractivity contribution < 1.29 is 146 Å². The van der Waals surface area contributed by atoms with Crippen LogP contribution in [0.25, 0.3) is 21.8 Å². The molecule has 1 aliphatic heterocycles. The van der Waals surface area contributed by atoms with Gasteiger partial charge in [-0.2, -0.15) is 0 Å². The second-order valence-electron chi connectivity index (χ2n) is 35.6. The van der Waals surface area contributed by atoms with Gasteiger partial charge in [0.2, 0.25) is 94.5 Å². The summed E-state index contributed by atoms with van der Waals surface area (Å²) in [7, 11) is 0. The first-order valence-electron chi connectivity index (χ1n) is 47.2. The number of likely N-dealkylation sites (tertiary alicyclic amines) is 1. The summed E-state index contributed by atoms with van der Waals surface area (Å²) < 4.78 is 0. The van der Waals surface area contributed by atoms with E-state index < -0.39 is 291 Å². The van der Waals surface area contributed by atoms with Crippen molar-refractivity contribution in [1.29, 1.82) is 0 Å². The Balaban J connectivity index is 1.24. The molecule has 794 valence electrons. The van der Waals surface area contributed by atoms with Crippen LogP contribution in [-0.2, 0) is 125 Å². The molecule has 1 saturated heterocycles. The van der Waals surface area contributed by atoms with E-state index in [1.54, 1.807) is 82.4 Å². The number of primary amides is 1. The normalized spacial score (nSPS) is 15.6. The average molecular weight is 2040 g/mol. The van der Waals surface area contributed by atoms with Crippen LogP contribution in [0.2, 0.25) is 0 Å². The van der Waals surface area contributed by atoms with Crippen LogP contribution < -0.4 is 103 Å². The van der Waals surface area contributed by atoms with E-state index in [1.807, 2.05) is 0 Å². The van der Waals surface area contributed by atoms with Gasteiger partial charge in [0.1, 0.15) is 96.4 Å². The van der Waals surface area contributed by atoms with Crippen molar-refractivity contribution in [3.8, 4) is 5.75 Å². The highest BCUT2D eigenvalue weighted by atomic mass is 16.4. The van der Waals surface area contributed by atoms with Crippen molar-refractivity contribution in [3.05, 3.63) is 102 Å². The molecule has 34 N–H and O–H groups in total. The van der Waals surface area contributed by atoms with Crippen molar-refractivity contribution in [1.82, 2.24) is 89.3 Å². The molecule has 16 amide bonds. The number of aromatic hydroxyl groups is 1. The van der Waals surface area contributed by atoms with Crippen LogP contribution in [-0.4, -0.2) is 316 Å². The number of hydrogen-bond acceptors (Lipinski definition) is 28. The molecule has 5 aromatic rings. The standard InChI is InChI=1S/C93H132N22O30/c1-5-47(4)77(114-78(129)54(97)37-72(119)120)91(142)110-63(36-50-44-100-56-20-9-7-18-53(50)56)85(136)106-62(35-49-43-99-55-19-8-6-17-52(49)55)84(135)108-66(41-75(125)126)88(139)109-64(39-73(121)122)86(137)103-57(21-10-13-29-94)79(130)101-58(22-11-14-30-95)80(131)107-65(40-74(123)124)87(138)105-61(34-48-25-27-51(117)28-26-48)83(134)111-67(38-71(98)118)92(143)115-32-16-24-70(115)90(141)113-69(45-116)89(140)104-60(33-46(2)3)82(133)102-59(23-12-15-31-96)81(132)112-68(93(144)145)42-76(127)128/h6-9,17-20,25-28,43-44,46-47,54,57-70,77,99-100,116-117H,5,10-16,21-24,29-42,45,94-97H2,1-4H3,(H2,98,118)(H,101,130)(H,102,133)(H,103,137)(H,104,140)(H,105,138)(H,106,136)(H,107,131)(H,108,135)(H,109,139)(H,110,142)(H,111,134)(H,112,132)(H,113,141)(H,114,129)(H,119,120)(H,121,122)(H,123,124)(H,125,126)(H,127,128)(H,144,145)/t47-,54-,57-,58-,59-,60-,61-,62-,63-,64-,65-,66-,67-,68-,69-,70-,77-/m0/s1. The first-order chi connectivity index (χ1) is 68.7. The van der Waals surface area contributed by atoms with E-state index in [1.165, 1.54) is 30.5 Å². The molecule has 1 aliphatic rings. The summed E-state index contributed by atoms with van der Waals surface area (Å²) in [5.41, 5.74) is 30.9. The number of carboxylic acid groups (broad SMARTS) is 6. The number of aromatic amines is 2. The number of hydrogen-bond donors (Lipinski definition) is 29. The lowest BCUT2D eigenvalue weighted by molar-refractivity contribution is -0.147. The second kappa shape index (κ2) is 58.9. The van der Waals surface area contributed by atoms with Gasteiger partial charge >= 0.3 is 35.8 Å². The van der Waals surface area contributed by atoms with Gasteiger partial charge in [0.15, 0.2) is 0 Å². The van der Waals surface area contributed by atoms with Gasteiger partial charge in [-0.15, -0.1) is 0 Å². The smallest absolute Gasteiger partial charge is 0.326 e. The number of fused-ring (bicyclic) bond motifs is 2. The largest absolute Gasteiger partial charge is 0.508 e. The molecule has 52 heteroatoms. The molecule has 6 rings (SSSR count). The number of carbonyl (C=O) groups is 22. The summed E-state index contributed by atoms with van der Waals surface area (Å²) in [6.07, 6.45) is -5.05. The minimum atomic E-state index is -2.26. The first-order valence-corrected chi connectivity index (χ1v) is 47.2. The molecule has 145 heavy (non-hydrogen) atoms. The number of rotatable bonds is 65. The molecule has 0 aliphatic carbocycles. The molecule has 17 atom stereocenters. The molecule has 52 nitrogen and oxygen atoms in total. The Morgan fingerprint density at radius 2 is 0.745 bits per heavy atom. The van der Waals surface area contributed by atoms with E-state index in [0.717, 1.165) is 4.90 Å². The summed E-state index contributed by atoms with van der Waals surface area (Å²) in [5.74, 6) is -30.6. The molecule has 3 aromatic carbocycles. The number of benzene rings is 3. The van der Waals surface area contributed by atoms with Gasteiger partial charge in [-0.05, 0) is 149 Å². The maximum Gasteiger partial charge on any atom is 0.326 e. The maximum atomic E-state index is 15.2. The number of aliphatic hydroxyl groups excluding tert-OH is 1. The number of nitrogens with zero attached hydrogens (tertiary/aromatic N) is 1. The number of carbonyl (C=O) groups excluding carboxylic acids is 16. The van der Waals surface area contributed by atoms with Crippen LogP contribution in [0.1, 0.15) is 166 Å². The highest BCUT2D eigenvalue weighted by Gasteiger charge is 2.44. The number of amides is 16. The molecular weight excluding hydrogens is 1910 g/mol. The number of carboxylic acids is 6. The summed E-state index contributed by atoms with van der Waals surface area (Å²) in [4.78, 5) is 310. The molecule has 1 fully saturated rings. The van der Waals surface area contributed by atoms with E-state index >= 15 is 9.59 Å². The zero-order chi connectivity index (χ0) is 108. The molecule has 0 unspecified atom stereocenters. The van der Waals surface area contributed by atoms with Crippen molar-refractivity contribution >= 4 is 152 Å². The van der Waals surface area contributed by atoms with Gasteiger partial charge < -0.3 is 159 Å². The van der Waals surface area contributed by atoms with Crippen molar-refractivity contribution in [3.63, 3.8) is 0 Å². The Morgan fingerprint density at radius 3 is 1.14 bits per heavy atom. The Morgan fingerprint density at radius 1 is 0.393 bits per heavy atom. The fourth-order valence-corrected chi connectivity index (χ4v) is 15.9. The predicted octanol–water partition coefficient (Wildman–Crippen LogP) is -5.71. The number of phenols is 1. The van der Waals surface area contributed by atoms with Crippen LogP contribution in [0.15, 0.2) is 85.2 Å². The zero-order valence-corrected chi connectivity index (χ0v) is 80.5. The van der Waals surface area contributed by atoms with E-state index in [0.29, 0.717) is 39.4 Å². The van der Waals surface area contributed by atoms with Crippen molar-refractivity contribution in [2.24, 2.45) is 40.5 Å². The fraction of sp³-hybridized carbons (Fsp3) is 0.527. The topological polar surface area (TPSA) is 871 Å². The van der Waals surface area contributed by atoms with Gasteiger partial charge in [0, 0.05) is 60.0 Å². The number of phenolic OH excluding ortho intramolecular Hbond substituents is 1. The number of aliphatic hydroxyl groups is 1. The lowest BCUT2D eigenvalue weighted by Gasteiger charge is -2.31. The number of H-pyrrole nitrogens is 2. The third-order valence-corrected chi connectivity index (χ3v) is 23.8. The van der Waals surface area contributed by atoms with Crippen LogP contribution in [0, 0.1) is 11.8 Å². The van der Waals surface area contributed by atoms with Gasteiger partial charge in [-0.25, -0.2) is 4.79 Å². The monoisotopic (exact) mass is 2040 g/mol. The molecule has 0 bridgehead atoms. The molecular formula is C93H132N22O30. The number of nitrogens with two attached hydrogens (primary N) is 5. The number of aliphatic carboxylic acids is 6. The third kappa shape index (κ3) is 38.5. The number of nitrogens with one attached hydrogen (secondary N) is 16. The van der Waals surface area contributed by atoms with Gasteiger partial charge in [0.25, 0.3) is 0 Å². The summed E-state index contributed by atoms with van der Waals surface area (Å²) in [6.45, 7) is 5.30. The minimum absolute atomic E-state index is 0.00196. The number of unbranched alkanes of at least 4 members (excludes halogenated alkanes) is 3. The highest BCUT2D eigenvalue weighted by Crippen LogP contribution is 2.26. The zero-order valence-electron chi connectivity index (χ0n) is 80.5. The Hall–Kier alpha value is -15.3. The molecule has 2 aromatic heterocycles. The maximum absolute atomic E-state index is 15.2. The quantitative estimate of drug-likeness (QED) is 0.0161. The summed E-state index contributed by atoms with van der Waals surface area (Å²) >= 11 is 0. The lowest BCUT2D eigenvalue weighted by atomic mass is 9.96. The van der Waals surface area contributed by atoms with E-state index in [4.69, 9.17) is 28.7 Å². The van der Waals surface area contributed by atoms with Gasteiger partial charge in [0.05, 0.1) is 51.2 Å². The second-order valence-corrected chi connectivity index (χ2v) is 35.6. The summed E-state index contributed by atoms with van der Waals surface area (Å²) in [5, 5.41) is 114. The number of aromatic nitrogens is 2. The molecule has 0 saturated carbocycles. The van der Waals surface area contributed by atoms with Crippen LogP contribution in [0.3, 0.4) is 0 Å². The highest BCUT2D eigenvalue weighted by molar-refractivity contribution is 6.04. The number of para-hydroxylation sites is 2. The minimum Gasteiger partial charge on any atom is -0.508 e. The fourth-order valence-electron chi connectivity index (χ4n) is 15.9. The Labute approximate surface area is 830 Å². The van der Waals surface area contributed by atoms with Crippen molar-refractivity contribution in [2.75, 3.05) is 32.8 Å². The lowest BCUT2D eigenvalue weighted by Crippen LogP contribution is -2.62. The summed E-state index contributed by atoms with van der Waals surface area (Å²) in [6, 6.07) is -10.7. The van der Waals surface area contributed by atoms with Gasteiger partial charge in [-0.1, -0.05) is 82.6 Å². The Bertz CT molecular complexity index is 5400.